The Balaban J connectivity index is 1.32. The van der Waals surface area contributed by atoms with Gasteiger partial charge in [-0.15, -0.1) is 0 Å². The fourth-order valence-corrected chi connectivity index (χ4v) is 7.78. The summed E-state index contributed by atoms with van der Waals surface area (Å²) in [4.78, 5) is 36.6. The van der Waals surface area contributed by atoms with Crippen LogP contribution in [0.4, 0.5) is 10.6 Å². The summed E-state index contributed by atoms with van der Waals surface area (Å²) in [5, 5.41) is 4.66. The number of nitrogens with zero attached hydrogens (tertiary/aromatic N) is 7. The minimum Gasteiger partial charge on any atom is -0.491 e. The van der Waals surface area contributed by atoms with Crippen molar-refractivity contribution in [2.45, 2.75) is 124 Å². The molecule has 3 aromatic heterocycles. The number of aryl methyl sites for hydroxylation is 2. The van der Waals surface area contributed by atoms with Crippen LogP contribution in [0.2, 0.25) is 23.2 Å². The zero-order valence-corrected chi connectivity index (χ0v) is 35.5. The minimum absolute atomic E-state index is 0.0502. The van der Waals surface area contributed by atoms with Crippen molar-refractivity contribution in [2.24, 2.45) is 0 Å². The van der Waals surface area contributed by atoms with Crippen LogP contribution in [-0.4, -0.2) is 76.3 Å². The lowest BCUT2D eigenvalue weighted by molar-refractivity contribution is 0.0172. The number of likely N-dealkylation sites (N-methyl/N-ethyl adjacent to an activating group) is 1. The zero-order valence-electron chi connectivity index (χ0n) is 33.8. The molecule has 2 aliphatic rings. The summed E-state index contributed by atoms with van der Waals surface area (Å²) in [7, 11) is -0.530. The summed E-state index contributed by atoms with van der Waals surface area (Å²) < 4.78 is 24.5. The first-order valence-electron chi connectivity index (χ1n) is 18.7. The van der Waals surface area contributed by atoms with Crippen LogP contribution in [0.25, 0.3) is 22.6 Å². The van der Waals surface area contributed by atoms with Gasteiger partial charge in [0, 0.05) is 42.4 Å². The first kappa shape index (κ1) is 39.6. The van der Waals surface area contributed by atoms with Crippen LogP contribution in [-0.2, 0) is 22.3 Å². The van der Waals surface area contributed by atoms with E-state index in [1.54, 1.807) is 18.0 Å². The number of carbonyl (C=O) groups excluding carboxylic acids is 1. The highest BCUT2D eigenvalue weighted by atomic mass is 35.5. The van der Waals surface area contributed by atoms with Gasteiger partial charge in [-0.25, -0.2) is 24.7 Å². The highest BCUT2D eigenvalue weighted by molar-refractivity contribution is 6.74. The third-order valence-electron chi connectivity index (χ3n) is 10.4. The van der Waals surface area contributed by atoms with Crippen molar-refractivity contribution >= 4 is 31.8 Å². The zero-order chi connectivity index (χ0) is 39.3. The van der Waals surface area contributed by atoms with Crippen molar-refractivity contribution in [1.82, 2.24) is 30.0 Å². The molecule has 1 unspecified atom stereocenters. The number of anilines is 1. The smallest absolute Gasteiger partial charge is 0.410 e. The van der Waals surface area contributed by atoms with E-state index in [1.165, 1.54) is 0 Å². The summed E-state index contributed by atoms with van der Waals surface area (Å²) in [6.45, 7) is 24.1. The predicted molar refractivity (Wildman–Crippen MR) is 213 cm³/mol. The molecule has 0 radical (unpaired) electrons. The Bertz CT molecular complexity index is 2020. The van der Waals surface area contributed by atoms with Crippen LogP contribution in [0, 0.1) is 20.8 Å². The number of hydrogen-bond donors (Lipinski definition) is 0. The van der Waals surface area contributed by atoms with Crippen molar-refractivity contribution in [1.29, 1.82) is 0 Å². The Kier molecular flexibility index (Phi) is 10.9. The van der Waals surface area contributed by atoms with Gasteiger partial charge in [0.2, 0.25) is 0 Å². The van der Waals surface area contributed by atoms with Crippen molar-refractivity contribution in [2.75, 3.05) is 25.1 Å². The standard InChI is InChI=1S/C40H54ClN7O5Si/c1-23-34(33-24(2)46-52-25(33)3)44-36(45-37(23)48-19-27-18-42-35(26-13-14-26)43-32(27)21-48)30-17-28(15-16-31(30)41)50-22-29(53-54(11,12)40(7,8)9)20-47(10)38(49)51-39(4,5)6/h15-18,26,29H,13-14,19-22H2,1-12H3. The number of ether oxygens (including phenoxy) is 2. The fraction of sp³-hybridized carbons (Fsp3) is 0.550. The molecule has 6 rings (SSSR count). The van der Waals surface area contributed by atoms with E-state index in [0.717, 1.165) is 58.3 Å². The van der Waals surface area contributed by atoms with Gasteiger partial charge < -0.3 is 28.2 Å². The molecule has 290 valence electrons. The molecule has 4 aromatic rings. The van der Waals surface area contributed by atoms with Gasteiger partial charge in [0.05, 0.1) is 46.9 Å². The SMILES string of the molecule is Cc1noc(C)c1-c1nc(-c2cc(OCC(CN(C)C(=O)OC(C)(C)C)O[Si](C)(C)C(C)(C)C)ccc2Cl)nc(N2Cc3cnc(C4CC4)nc3C2)c1C. The number of rotatable bonds is 11. The third-order valence-corrected chi connectivity index (χ3v) is 15.2. The highest BCUT2D eigenvalue weighted by Gasteiger charge is 2.40. The lowest BCUT2D eigenvalue weighted by Gasteiger charge is -2.40. The summed E-state index contributed by atoms with van der Waals surface area (Å²) in [5.41, 5.74) is 5.32. The Labute approximate surface area is 325 Å². The average molecular weight is 776 g/mol. The van der Waals surface area contributed by atoms with Gasteiger partial charge >= 0.3 is 6.09 Å². The summed E-state index contributed by atoms with van der Waals surface area (Å²) in [5.74, 6) is 3.86. The Morgan fingerprint density at radius 3 is 2.43 bits per heavy atom. The molecule has 1 fully saturated rings. The molecular weight excluding hydrogens is 722 g/mol. The Hall–Kier alpha value is -4.07. The molecule has 0 saturated heterocycles. The predicted octanol–water partition coefficient (Wildman–Crippen LogP) is 9.20. The summed E-state index contributed by atoms with van der Waals surface area (Å²) in [6, 6.07) is 5.48. The van der Waals surface area contributed by atoms with Crippen LogP contribution in [0.15, 0.2) is 28.9 Å². The molecular formula is C40H54ClN7O5Si. The van der Waals surface area contributed by atoms with E-state index in [-0.39, 0.29) is 18.2 Å². The van der Waals surface area contributed by atoms with Gasteiger partial charge in [-0.2, -0.15) is 0 Å². The molecule has 1 atom stereocenters. The minimum atomic E-state index is -2.25. The fourth-order valence-electron chi connectivity index (χ4n) is 6.25. The van der Waals surface area contributed by atoms with Crippen molar-refractivity contribution < 1.29 is 23.2 Å². The number of benzene rings is 1. The maximum Gasteiger partial charge on any atom is 0.410 e. The van der Waals surface area contributed by atoms with Crippen molar-refractivity contribution in [3.8, 4) is 28.4 Å². The Morgan fingerprint density at radius 1 is 1.07 bits per heavy atom. The van der Waals surface area contributed by atoms with Crippen LogP contribution >= 0.6 is 11.6 Å². The topological polar surface area (TPSA) is 129 Å². The molecule has 12 nitrogen and oxygen atoms in total. The van der Waals surface area contributed by atoms with Gasteiger partial charge in [0.1, 0.15) is 35.4 Å². The summed E-state index contributed by atoms with van der Waals surface area (Å²) in [6.07, 6.45) is 3.42. The maximum absolute atomic E-state index is 13.0. The summed E-state index contributed by atoms with van der Waals surface area (Å²) >= 11 is 6.93. The first-order valence-corrected chi connectivity index (χ1v) is 22.0. The molecule has 0 spiro atoms. The van der Waals surface area contributed by atoms with E-state index in [2.05, 4.69) is 48.9 Å². The molecule has 1 aliphatic carbocycles. The monoisotopic (exact) mass is 775 g/mol. The second kappa shape index (κ2) is 14.9. The maximum atomic E-state index is 13.0. The van der Waals surface area contributed by atoms with Crippen LogP contribution in [0.5, 0.6) is 5.75 Å². The van der Waals surface area contributed by atoms with Gasteiger partial charge in [0.15, 0.2) is 14.1 Å². The number of fused-ring (bicyclic) bond motifs is 1. The molecule has 1 saturated carbocycles. The molecule has 1 aliphatic heterocycles. The van der Waals surface area contributed by atoms with E-state index in [9.17, 15) is 4.79 Å². The quantitative estimate of drug-likeness (QED) is 0.135. The van der Waals surface area contributed by atoms with Gasteiger partial charge in [0.25, 0.3) is 0 Å². The van der Waals surface area contributed by atoms with E-state index < -0.39 is 26.1 Å². The van der Waals surface area contributed by atoms with E-state index in [0.29, 0.717) is 46.9 Å². The van der Waals surface area contributed by atoms with E-state index in [4.69, 9.17) is 45.0 Å². The number of hydrogen-bond acceptors (Lipinski definition) is 11. The highest BCUT2D eigenvalue weighted by Crippen LogP contribution is 2.41. The van der Waals surface area contributed by atoms with Gasteiger partial charge in [-0.05, 0) is 90.7 Å². The molecule has 54 heavy (non-hydrogen) atoms. The lowest BCUT2D eigenvalue weighted by atomic mass is 10.0. The average Bonchev–Trinajstić information content (AvgIpc) is 3.76. The molecule has 14 heteroatoms. The molecule has 1 aromatic carbocycles. The number of carbonyl (C=O) groups is 1. The van der Waals surface area contributed by atoms with Gasteiger partial charge in [-0.3, -0.25) is 0 Å². The second-order valence-electron chi connectivity index (χ2n) is 17.2. The van der Waals surface area contributed by atoms with Gasteiger partial charge in [-0.1, -0.05) is 37.5 Å². The number of aromatic nitrogens is 5. The van der Waals surface area contributed by atoms with Crippen molar-refractivity contribution in [3.05, 3.63) is 63.5 Å². The molecule has 4 heterocycles. The Morgan fingerprint density at radius 2 is 1.80 bits per heavy atom. The lowest BCUT2D eigenvalue weighted by Crippen LogP contribution is -2.49. The van der Waals surface area contributed by atoms with Crippen LogP contribution < -0.4 is 9.64 Å². The molecule has 0 N–H and O–H groups in total. The normalized spacial score (nSPS) is 15.3. The number of amides is 1. The third kappa shape index (κ3) is 8.73. The molecule has 1 amide bonds. The van der Waals surface area contributed by atoms with Crippen LogP contribution in [0.1, 0.15) is 94.4 Å². The molecule has 0 bridgehead atoms. The second-order valence-corrected chi connectivity index (χ2v) is 22.4. The van der Waals surface area contributed by atoms with E-state index in [1.807, 2.05) is 59.9 Å². The largest absolute Gasteiger partial charge is 0.491 e. The number of halogens is 1. The van der Waals surface area contributed by atoms with E-state index >= 15 is 0 Å². The first-order chi connectivity index (χ1) is 25.2. The van der Waals surface area contributed by atoms with Crippen LogP contribution in [0.3, 0.4) is 0 Å². The van der Waals surface area contributed by atoms with Crippen molar-refractivity contribution in [3.63, 3.8) is 0 Å².